The summed E-state index contributed by atoms with van der Waals surface area (Å²) in [6.45, 7) is 5.20. The maximum absolute atomic E-state index is 12.2. The summed E-state index contributed by atoms with van der Waals surface area (Å²) in [5.41, 5.74) is 0. The van der Waals surface area contributed by atoms with Crippen LogP contribution in [0.5, 0.6) is 0 Å². The molecule has 0 radical (unpaired) electrons. The van der Waals surface area contributed by atoms with Crippen LogP contribution in [-0.4, -0.2) is 77.1 Å². The Morgan fingerprint density at radius 1 is 1.19 bits per heavy atom. The molecule has 0 aromatic carbocycles. The number of carbonyl (C=O) groups excluding carboxylic acids is 1. The monoisotopic (exact) mass is 297 g/mol. The number of rotatable bonds is 4. The van der Waals surface area contributed by atoms with Gasteiger partial charge in [-0.3, -0.25) is 9.69 Å². The molecule has 2 amide bonds. The highest BCUT2D eigenvalue weighted by molar-refractivity contribution is 5.74. The normalized spacial score (nSPS) is 24.3. The Kier molecular flexibility index (Phi) is 5.45. The lowest BCUT2D eigenvalue weighted by molar-refractivity contribution is -0.143. The first kappa shape index (κ1) is 16.1. The van der Waals surface area contributed by atoms with Crippen LogP contribution in [0.4, 0.5) is 4.79 Å². The molecule has 2 heterocycles. The summed E-state index contributed by atoms with van der Waals surface area (Å²) < 4.78 is 0. The van der Waals surface area contributed by atoms with Crippen LogP contribution in [0.1, 0.15) is 39.0 Å². The molecule has 2 aliphatic heterocycles. The van der Waals surface area contributed by atoms with Crippen LogP contribution in [-0.2, 0) is 4.79 Å². The van der Waals surface area contributed by atoms with Crippen molar-refractivity contribution < 1.29 is 14.7 Å². The van der Waals surface area contributed by atoms with Crippen molar-refractivity contribution in [3.8, 4) is 0 Å². The van der Waals surface area contributed by atoms with Gasteiger partial charge in [0.15, 0.2) is 0 Å². The molecule has 6 nitrogen and oxygen atoms in total. The SMILES string of the molecule is CCCN(C)C(=O)N1CCC(N2CCCC2C(=O)O)CC1. The third-order valence-electron chi connectivity index (χ3n) is 4.67. The number of piperidine rings is 1. The number of carboxylic acid groups (broad SMARTS) is 1. The Morgan fingerprint density at radius 2 is 1.86 bits per heavy atom. The van der Waals surface area contributed by atoms with E-state index in [1.165, 1.54) is 0 Å². The average molecular weight is 297 g/mol. The van der Waals surface area contributed by atoms with Crippen molar-refractivity contribution in [3.05, 3.63) is 0 Å². The van der Waals surface area contributed by atoms with E-state index in [1.54, 1.807) is 4.90 Å². The number of amides is 2. The van der Waals surface area contributed by atoms with E-state index in [1.807, 2.05) is 11.9 Å². The highest BCUT2D eigenvalue weighted by atomic mass is 16.4. The van der Waals surface area contributed by atoms with Crippen LogP contribution in [0.2, 0.25) is 0 Å². The highest BCUT2D eigenvalue weighted by Gasteiger charge is 2.37. The fraction of sp³-hybridized carbons (Fsp3) is 0.867. The minimum atomic E-state index is -0.700. The van der Waals surface area contributed by atoms with Gasteiger partial charge >= 0.3 is 12.0 Å². The van der Waals surface area contributed by atoms with Gasteiger partial charge in [0.1, 0.15) is 6.04 Å². The largest absolute Gasteiger partial charge is 0.480 e. The summed E-state index contributed by atoms with van der Waals surface area (Å²) >= 11 is 0. The highest BCUT2D eigenvalue weighted by Crippen LogP contribution is 2.26. The number of carbonyl (C=O) groups is 2. The molecule has 0 bridgehead atoms. The molecule has 2 aliphatic rings. The molecular weight excluding hydrogens is 270 g/mol. The number of aliphatic carboxylic acids is 1. The average Bonchev–Trinajstić information content (AvgIpc) is 2.96. The summed E-state index contributed by atoms with van der Waals surface area (Å²) in [6, 6.07) is 0.0978. The molecule has 1 N–H and O–H groups in total. The molecule has 0 aliphatic carbocycles. The first-order valence-corrected chi connectivity index (χ1v) is 8.03. The van der Waals surface area contributed by atoms with Gasteiger partial charge in [-0.05, 0) is 38.6 Å². The van der Waals surface area contributed by atoms with E-state index >= 15 is 0 Å². The van der Waals surface area contributed by atoms with Gasteiger partial charge in [-0.15, -0.1) is 0 Å². The van der Waals surface area contributed by atoms with Crippen molar-refractivity contribution >= 4 is 12.0 Å². The molecule has 1 unspecified atom stereocenters. The van der Waals surface area contributed by atoms with Gasteiger partial charge in [0.05, 0.1) is 0 Å². The number of urea groups is 1. The zero-order chi connectivity index (χ0) is 15.4. The van der Waals surface area contributed by atoms with Crippen molar-refractivity contribution in [2.75, 3.05) is 33.2 Å². The fourth-order valence-electron chi connectivity index (χ4n) is 3.55. The van der Waals surface area contributed by atoms with E-state index < -0.39 is 5.97 Å². The molecule has 1 atom stereocenters. The molecule has 2 saturated heterocycles. The summed E-state index contributed by atoms with van der Waals surface area (Å²) in [5, 5.41) is 9.27. The van der Waals surface area contributed by atoms with E-state index in [0.717, 1.165) is 58.3 Å². The Labute approximate surface area is 126 Å². The van der Waals surface area contributed by atoms with E-state index in [9.17, 15) is 14.7 Å². The predicted molar refractivity (Wildman–Crippen MR) is 80.3 cm³/mol. The van der Waals surface area contributed by atoms with Gasteiger partial charge in [-0.2, -0.15) is 0 Å². The van der Waals surface area contributed by atoms with Crippen LogP contribution in [0.25, 0.3) is 0 Å². The second-order valence-corrected chi connectivity index (χ2v) is 6.16. The first-order chi connectivity index (χ1) is 10.0. The third-order valence-corrected chi connectivity index (χ3v) is 4.67. The van der Waals surface area contributed by atoms with E-state index in [0.29, 0.717) is 6.04 Å². The standard InChI is InChI=1S/C15H27N3O3/c1-3-8-16(2)15(21)17-10-6-12(7-11-17)18-9-4-5-13(18)14(19)20/h12-13H,3-11H2,1-2H3,(H,19,20). The number of nitrogens with zero attached hydrogens (tertiary/aromatic N) is 3. The Bertz CT molecular complexity index is 380. The minimum Gasteiger partial charge on any atom is -0.480 e. The zero-order valence-corrected chi connectivity index (χ0v) is 13.1. The summed E-state index contributed by atoms with van der Waals surface area (Å²) in [5.74, 6) is -0.700. The van der Waals surface area contributed by atoms with Crippen molar-refractivity contribution in [2.24, 2.45) is 0 Å². The fourth-order valence-corrected chi connectivity index (χ4v) is 3.55. The van der Waals surface area contributed by atoms with E-state index in [4.69, 9.17) is 0 Å². The van der Waals surface area contributed by atoms with Crippen LogP contribution in [0.3, 0.4) is 0 Å². The Hall–Kier alpha value is -1.30. The van der Waals surface area contributed by atoms with Gasteiger partial charge in [0.2, 0.25) is 0 Å². The van der Waals surface area contributed by atoms with Crippen LogP contribution in [0, 0.1) is 0 Å². The number of hydrogen-bond donors (Lipinski definition) is 1. The maximum Gasteiger partial charge on any atom is 0.320 e. The summed E-state index contributed by atoms with van der Waals surface area (Å²) in [6.07, 6.45) is 4.46. The lowest BCUT2D eigenvalue weighted by Gasteiger charge is -2.39. The lowest BCUT2D eigenvalue weighted by atomic mass is 10.0. The van der Waals surface area contributed by atoms with Gasteiger partial charge in [0.25, 0.3) is 0 Å². The molecule has 21 heavy (non-hydrogen) atoms. The number of carboxylic acids is 1. The van der Waals surface area contributed by atoms with Gasteiger partial charge in [-0.1, -0.05) is 6.92 Å². The minimum absolute atomic E-state index is 0.103. The molecule has 0 spiro atoms. The number of hydrogen-bond acceptors (Lipinski definition) is 3. The number of likely N-dealkylation sites (tertiary alicyclic amines) is 2. The van der Waals surface area contributed by atoms with Gasteiger partial charge < -0.3 is 14.9 Å². The maximum atomic E-state index is 12.2. The van der Waals surface area contributed by atoms with Crippen LogP contribution >= 0.6 is 0 Å². The molecule has 2 rings (SSSR count). The molecular formula is C15H27N3O3. The predicted octanol–water partition coefficient (Wildman–Crippen LogP) is 1.46. The molecule has 120 valence electrons. The topological polar surface area (TPSA) is 64.1 Å². The second-order valence-electron chi connectivity index (χ2n) is 6.16. The van der Waals surface area contributed by atoms with E-state index in [2.05, 4.69) is 11.8 Å². The summed E-state index contributed by atoms with van der Waals surface area (Å²) in [4.78, 5) is 29.3. The quantitative estimate of drug-likeness (QED) is 0.853. The Balaban J connectivity index is 1.85. The van der Waals surface area contributed by atoms with Crippen molar-refractivity contribution in [1.29, 1.82) is 0 Å². The van der Waals surface area contributed by atoms with Gasteiger partial charge in [-0.25, -0.2) is 4.79 Å². The second kappa shape index (κ2) is 7.11. The Morgan fingerprint density at radius 3 is 2.43 bits per heavy atom. The molecule has 0 aromatic rings. The molecule has 0 aromatic heterocycles. The van der Waals surface area contributed by atoms with Crippen molar-refractivity contribution in [3.63, 3.8) is 0 Å². The third kappa shape index (κ3) is 3.67. The van der Waals surface area contributed by atoms with E-state index in [-0.39, 0.29) is 12.1 Å². The van der Waals surface area contributed by atoms with Crippen molar-refractivity contribution in [1.82, 2.24) is 14.7 Å². The molecule has 6 heteroatoms. The lowest BCUT2D eigenvalue weighted by Crippen LogP contribution is -2.52. The summed E-state index contributed by atoms with van der Waals surface area (Å²) in [7, 11) is 1.85. The zero-order valence-electron chi connectivity index (χ0n) is 13.1. The molecule has 0 saturated carbocycles. The first-order valence-electron chi connectivity index (χ1n) is 8.03. The van der Waals surface area contributed by atoms with Crippen LogP contribution < -0.4 is 0 Å². The smallest absolute Gasteiger partial charge is 0.320 e. The molecule has 2 fully saturated rings. The van der Waals surface area contributed by atoms with Crippen molar-refractivity contribution in [2.45, 2.75) is 51.1 Å². The van der Waals surface area contributed by atoms with Crippen LogP contribution in [0.15, 0.2) is 0 Å². The van der Waals surface area contributed by atoms with Gasteiger partial charge in [0, 0.05) is 32.7 Å².